The van der Waals surface area contributed by atoms with Crippen molar-refractivity contribution in [2.45, 2.75) is 11.4 Å². The van der Waals surface area contributed by atoms with Gasteiger partial charge in [0.25, 0.3) is 0 Å². The van der Waals surface area contributed by atoms with Crippen molar-refractivity contribution in [3.63, 3.8) is 0 Å². The van der Waals surface area contributed by atoms with Crippen LogP contribution in [0.15, 0.2) is 59.5 Å². The molecule has 0 aromatic heterocycles. The highest BCUT2D eigenvalue weighted by molar-refractivity contribution is 7.89. The summed E-state index contributed by atoms with van der Waals surface area (Å²) in [5.74, 6) is 1.02. The molecule has 1 heterocycles. The average molecular weight is 443 g/mol. The third-order valence-corrected chi connectivity index (χ3v) is 7.64. The third kappa shape index (κ3) is 4.19. The molecule has 7 nitrogen and oxygen atoms in total. The number of nitrogens with zero attached hydrogens (tertiary/aromatic N) is 2. The Labute approximate surface area is 182 Å². The fraction of sp³-hybridized carbons (Fsp3) is 0.304. The average Bonchev–Trinajstić information content (AvgIpc) is 2.80. The first-order valence-electron chi connectivity index (χ1n) is 10.1. The summed E-state index contributed by atoms with van der Waals surface area (Å²) in [7, 11) is -0.771. The van der Waals surface area contributed by atoms with E-state index in [-0.39, 0.29) is 10.6 Å². The van der Waals surface area contributed by atoms with Gasteiger partial charge in [0.2, 0.25) is 10.0 Å². The molecule has 0 spiro atoms. The van der Waals surface area contributed by atoms with Gasteiger partial charge in [0.1, 0.15) is 22.1 Å². The fourth-order valence-corrected chi connectivity index (χ4v) is 5.56. The van der Waals surface area contributed by atoms with Gasteiger partial charge in [-0.25, -0.2) is 8.42 Å². The van der Waals surface area contributed by atoms with E-state index < -0.39 is 10.0 Å². The number of phenols is 1. The van der Waals surface area contributed by atoms with E-state index in [2.05, 4.69) is 4.90 Å². The van der Waals surface area contributed by atoms with Crippen molar-refractivity contribution in [3.8, 4) is 17.2 Å². The van der Waals surface area contributed by atoms with E-state index >= 15 is 0 Å². The minimum atomic E-state index is -3.72. The minimum Gasteiger partial charge on any atom is -0.508 e. The topological polar surface area (TPSA) is 79.3 Å². The molecule has 0 radical (unpaired) electrons. The number of piperazine rings is 1. The summed E-state index contributed by atoms with van der Waals surface area (Å²) in [4.78, 5) is 2.27. The van der Waals surface area contributed by atoms with E-state index in [9.17, 15) is 13.5 Å². The zero-order valence-corrected chi connectivity index (χ0v) is 18.4. The molecule has 8 heteroatoms. The molecule has 0 bridgehead atoms. The first-order chi connectivity index (χ1) is 14.9. The van der Waals surface area contributed by atoms with Gasteiger partial charge >= 0.3 is 0 Å². The van der Waals surface area contributed by atoms with Crippen molar-refractivity contribution in [1.29, 1.82) is 0 Å². The molecule has 1 aliphatic heterocycles. The maximum atomic E-state index is 13.3. The Morgan fingerprint density at radius 1 is 0.935 bits per heavy atom. The molecule has 0 unspecified atom stereocenters. The Kier molecular flexibility index (Phi) is 6.04. The highest BCUT2D eigenvalue weighted by Gasteiger charge is 2.31. The van der Waals surface area contributed by atoms with Gasteiger partial charge in [-0.2, -0.15) is 4.31 Å². The minimum absolute atomic E-state index is 0.106. The first-order valence-corrected chi connectivity index (χ1v) is 11.5. The van der Waals surface area contributed by atoms with Crippen LogP contribution in [-0.2, 0) is 16.6 Å². The fourth-order valence-electron chi connectivity index (χ4n) is 3.97. The molecule has 1 fully saturated rings. The van der Waals surface area contributed by atoms with Gasteiger partial charge in [-0.15, -0.1) is 0 Å². The van der Waals surface area contributed by atoms with Crippen LogP contribution in [0.2, 0.25) is 0 Å². The summed E-state index contributed by atoms with van der Waals surface area (Å²) in [6.45, 7) is 2.40. The van der Waals surface area contributed by atoms with Crippen LogP contribution < -0.4 is 9.47 Å². The highest BCUT2D eigenvalue weighted by atomic mass is 32.2. The first kappa shape index (κ1) is 21.4. The second-order valence-corrected chi connectivity index (χ2v) is 9.39. The van der Waals surface area contributed by atoms with E-state index in [0.717, 1.165) is 16.3 Å². The van der Waals surface area contributed by atoms with Crippen LogP contribution in [0.3, 0.4) is 0 Å². The van der Waals surface area contributed by atoms with Gasteiger partial charge in [0, 0.05) is 44.4 Å². The SMILES string of the molecule is COc1ccc(OC)c(S(=O)(=O)N2CCN(Cc3c(O)ccc4ccccc34)CC2)c1. The summed E-state index contributed by atoms with van der Waals surface area (Å²) in [6.07, 6.45) is 0. The number of benzene rings is 3. The van der Waals surface area contributed by atoms with Gasteiger partial charge < -0.3 is 14.6 Å². The second-order valence-electron chi connectivity index (χ2n) is 7.48. The Morgan fingerprint density at radius 2 is 1.68 bits per heavy atom. The Morgan fingerprint density at radius 3 is 2.39 bits per heavy atom. The van der Waals surface area contributed by atoms with Crippen LogP contribution in [0.25, 0.3) is 10.8 Å². The third-order valence-electron chi connectivity index (χ3n) is 5.72. The molecule has 3 aromatic carbocycles. The number of ether oxygens (including phenoxy) is 2. The lowest BCUT2D eigenvalue weighted by atomic mass is 10.0. The van der Waals surface area contributed by atoms with Crippen molar-refractivity contribution in [2.24, 2.45) is 0 Å². The molecule has 0 atom stereocenters. The summed E-state index contributed by atoms with van der Waals surface area (Å²) in [6, 6.07) is 16.3. The number of methoxy groups -OCH3 is 2. The van der Waals surface area contributed by atoms with Crippen molar-refractivity contribution in [3.05, 3.63) is 60.2 Å². The Balaban J connectivity index is 1.51. The summed E-state index contributed by atoms with van der Waals surface area (Å²) < 4.78 is 38.5. The van der Waals surface area contributed by atoms with E-state index in [1.165, 1.54) is 24.6 Å². The predicted octanol–water partition coefficient (Wildman–Crippen LogP) is 3.07. The molecular weight excluding hydrogens is 416 g/mol. The predicted molar refractivity (Wildman–Crippen MR) is 119 cm³/mol. The summed E-state index contributed by atoms with van der Waals surface area (Å²) >= 11 is 0. The van der Waals surface area contributed by atoms with Crippen molar-refractivity contribution in [2.75, 3.05) is 40.4 Å². The molecule has 3 aromatic rings. The van der Waals surface area contributed by atoms with Gasteiger partial charge in [0.15, 0.2) is 0 Å². The van der Waals surface area contributed by atoms with Crippen LogP contribution in [0.4, 0.5) is 0 Å². The monoisotopic (exact) mass is 442 g/mol. The van der Waals surface area contributed by atoms with Crippen molar-refractivity contribution < 1.29 is 23.0 Å². The lowest BCUT2D eigenvalue weighted by molar-refractivity contribution is 0.180. The van der Waals surface area contributed by atoms with Crippen molar-refractivity contribution in [1.82, 2.24) is 9.21 Å². The zero-order chi connectivity index (χ0) is 22.0. The normalized spacial score (nSPS) is 15.8. The van der Waals surface area contributed by atoms with Crippen LogP contribution in [0.5, 0.6) is 17.2 Å². The number of hydrogen-bond acceptors (Lipinski definition) is 6. The van der Waals surface area contributed by atoms with Crippen LogP contribution in [0.1, 0.15) is 5.56 Å². The molecular formula is C23H26N2O5S. The molecule has 0 amide bonds. The largest absolute Gasteiger partial charge is 0.508 e. The number of aromatic hydroxyl groups is 1. The number of fused-ring (bicyclic) bond motifs is 1. The van der Waals surface area contributed by atoms with Crippen LogP contribution in [-0.4, -0.2) is 63.1 Å². The number of phenolic OH excluding ortho intramolecular Hbond substituents is 1. The Bertz CT molecular complexity index is 1190. The lowest BCUT2D eigenvalue weighted by Crippen LogP contribution is -2.48. The van der Waals surface area contributed by atoms with Gasteiger partial charge in [-0.05, 0) is 29.0 Å². The number of hydrogen-bond donors (Lipinski definition) is 1. The second kappa shape index (κ2) is 8.74. The van der Waals surface area contributed by atoms with Gasteiger partial charge in [0.05, 0.1) is 14.2 Å². The summed E-state index contributed by atoms with van der Waals surface area (Å²) in [5.41, 5.74) is 0.865. The highest BCUT2D eigenvalue weighted by Crippen LogP contribution is 2.32. The van der Waals surface area contributed by atoms with Crippen LogP contribution in [0, 0.1) is 0 Å². The quantitative estimate of drug-likeness (QED) is 0.632. The van der Waals surface area contributed by atoms with E-state index in [0.29, 0.717) is 44.2 Å². The zero-order valence-electron chi connectivity index (χ0n) is 17.6. The number of rotatable bonds is 6. The lowest BCUT2D eigenvalue weighted by Gasteiger charge is -2.34. The van der Waals surface area contributed by atoms with Gasteiger partial charge in [-0.1, -0.05) is 30.3 Å². The standard InChI is InChI=1S/C23H26N2O5S/c1-29-18-8-10-22(30-2)23(15-18)31(27,28)25-13-11-24(12-14-25)16-20-19-6-4-3-5-17(19)7-9-21(20)26/h3-10,15,26H,11-14,16H2,1-2H3. The summed E-state index contributed by atoms with van der Waals surface area (Å²) in [5, 5.41) is 12.5. The van der Waals surface area contributed by atoms with Gasteiger partial charge in [-0.3, -0.25) is 4.90 Å². The maximum absolute atomic E-state index is 13.3. The molecule has 164 valence electrons. The smallest absolute Gasteiger partial charge is 0.246 e. The van der Waals surface area contributed by atoms with E-state index in [1.54, 1.807) is 18.2 Å². The molecule has 0 saturated carbocycles. The van der Waals surface area contributed by atoms with Crippen molar-refractivity contribution >= 4 is 20.8 Å². The van der Waals surface area contributed by atoms with E-state index in [4.69, 9.17) is 9.47 Å². The maximum Gasteiger partial charge on any atom is 0.246 e. The Hall–Kier alpha value is -2.81. The molecule has 1 N–H and O–H groups in total. The van der Waals surface area contributed by atoms with Crippen LogP contribution >= 0.6 is 0 Å². The molecule has 1 saturated heterocycles. The number of sulfonamides is 1. The molecule has 31 heavy (non-hydrogen) atoms. The molecule has 1 aliphatic rings. The van der Waals surface area contributed by atoms with E-state index in [1.807, 2.05) is 30.3 Å². The molecule has 4 rings (SSSR count). The molecule has 0 aliphatic carbocycles.